The molecule has 1 amide bonds. The van der Waals surface area contributed by atoms with Crippen LogP contribution in [0.1, 0.15) is 49.3 Å². The van der Waals surface area contributed by atoms with Crippen LogP contribution in [0.15, 0.2) is 58.8 Å². The van der Waals surface area contributed by atoms with Crippen molar-refractivity contribution in [2.45, 2.75) is 50.2 Å². The maximum Gasteiger partial charge on any atom is 0.250 e. The van der Waals surface area contributed by atoms with Crippen LogP contribution in [-0.4, -0.2) is 32.6 Å². The first kappa shape index (κ1) is 22.6. The number of rotatable bonds is 7. The van der Waals surface area contributed by atoms with Crippen molar-refractivity contribution in [2.24, 2.45) is 5.10 Å². The van der Waals surface area contributed by atoms with Crippen molar-refractivity contribution < 1.29 is 4.79 Å². The highest BCUT2D eigenvalue weighted by atomic mass is 35.5. The zero-order valence-corrected chi connectivity index (χ0v) is 19.6. The minimum absolute atomic E-state index is 0.201. The lowest BCUT2D eigenvalue weighted by molar-refractivity contribution is -0.118. The SMILES string of the molecule is Cc1ccc(-c2nnc(SCC(=O)N/N=C/c3ccccc3Cl)n2C2CCCCC2)cc1. The second-order valence-electron chi connectivity index (χ2n) is 7.94. The van der Waals surface area contributed by atoms with Crippen LogP contribution in [0.2, 0.25) is 5.02 Å². The van der Waals surface area contributed by atoms with E-state index in [1.165, 1.54) is 36.6 Å². The molecule has 0 bridgehead atoms. The summed E-state index contributed by atoms with van der Waals surface area (Å²) >= 11 is 7.50. The van der Waals surface area contributed by atoms with Gasteiger partial charge in [-0.1, -0.05) is 90.7 Å². The molecule has 0 radical (unpaired) electrons. The molecule has 2 aromatic carbocycles. The maximum atomic E-state index is 12.4. The average Bonchev–Trinajstić information content (AvgIpc) is 3.24. The predicted molar refractivity (Wildman–Crippen MR) is 130 cm³/mol. The summed E-state index contributed by atoms with van der Waals surface area (Å²) in [5.41, 5.74) is 5.58. The van der Waals surface area contributed by atoms with Crippen LogP contribution in [0.5, 0.6) is 0 Å². The van der Waals surface area contributed by atoms with Crippen LogP contribution in [0, 0.1) is 6.92 Å². The number of hydrogen-bond acceptors (Lipinski definition) is 5. The summed E-state index contributed by atoms with van der Waals surface area (Å²) < 4.78 is 2.23. The van der Waals surface area contributed by atoms with E-state index in [1.807, 2.05) is 18.2 Å². The zero-order chi connectivity index (χ0) is 22.3. The minimum Gasteiger partial charge on any atom is -0.299 e. The fourth-order valence-electron chi connectivity index (χ4n) is 3.86. The molecule has 1 aromatic heterocycles. The largest absolute Gasteiger partial charge is 0.299 e. The van der Waals surface area contributed by atoms with E-state index >= 15 is 0 Å². The van der Waals surface area contributed by atoms with Gasteiger partial charge in [-0.3, -0.25) is 9.36 Å². The summed E-state index contributed by atoms with van der Waals surface area (Å²) in [6.07, 6.45) is 7.45. The van der Waals surface area contributed by atoms with E-state index in [1.54, 1.807) is 12.3 Å². The molecule has 0 spiro atoms. The zero-order valence-electron chi connectivity index (χ0n) is 18.0. The van der Waals surface area contributed by atoms with Gasteiger partial charge in [0.2, 0.25) is 0 Å². The highest BCUT2D eigenvalue weighted by molar-refractivity contribution is 7.99. The third-order valence-electron chi connectivity index (χ3n) is 5.54. The number of benzene rings is 2. The van der Waals surface area contributed by atoms with Crippen molar-refractivity contribution >= 4 is 35.5 Å². The van der Waals surface area contributed by atoms with Crippen molar-refractivity contribution in [1.82, 2.24) is 20.2 Å². The number of nitrogens with zero attached hydrogens (tertiary/aromatic N) is 4. The quantitative estimate of drug-likeness (QED) is 0.276. The first-order chi connectivity index (χ1) is 15.6. The second kappa shape index (κ2) is 10.8. The highest BCUT2D eigenvalue weighted by Crippen LogP contribution is 2.35. The highest BCUT2D eigenvalue weighted by Gasteiger charge is 2.24. The van der Waals surface area contributed by atoms with E-state index < -0.39 is 0 Å². The molecular formula is C24H26ClN5OS. The van der Waals surface area contributed by atoms with Gasteiger partial charge in [-0.05, 0) is 25.8 Å². The molecule has 6 nitrogen and oxygen atoms in total. The third kappa shape index (κ3) is 5.58. The number of amides is 1. The number of carbonyl (C=O) groups is 1. The van der Waals surface area contributed by atoms with Crippen LogP contribution in [0.25, 0.3) is 11.4 Å². The van der Waals surface area contributed by atoms with Crippen molar-refractivity contribution in [3.8, 4) is 11.4 Å². The van der Waals surface area contributed by atoms with Gasteiger partial charge in [0.25, 0.3) is 5.91 Å². The van der Waals surface area contributed by atoms with E-state index in [0.29, 0.717) is 11.1 Å². The molecule has 1 aliphatic carbocycles. The standard InChI is InChI=1S/C24H26ClN5OS/c1-17-11-13-18(14-12-17)23-28-29-24(30(23)20-8-3-2-4-9-20)32-16-22(31)27-26-15-19-7-5-6-10-21(19)25/h5-7,10-15,20H,2-4,8-9,16H2,1H3,(H,27,31)/b26-15+. The van der Waals surface area contributed by atoms with Gasteiger partial charge in [-0.25, -0.2) is 5.43 Å². The van der Waals surface area contributed by atoms with E-state index in [4.69, 9.17) is 11.6 Å². The second-order valence-corrected chi connectivity index (χ2v) is 9.29. The number of halogens is 1. The van der Waals surface area contributed by atoms with Gasteiger partial charge in [-0.2, -0.15) is 5.10 Å². The molecule has 32 heavy (non-hydrogen) atoms. The number of carbonyl (C=O) groups excluding carboxylic acids is 1. The van der Waals surface area contributed by atoms with E-state index in [0.717, 1.165) is 34.9 Å². The summed E-state index contributed by atoms with van der Waals surface area (Å²) in [5.74, 6) is 0.878. The number of aryl methyl sites for hydroxylation is 1. The number of thioether (sulfide) groups is 1. The van der Waals surface area contributed by atoms with Crippen molar-refractivity contribution in [3.05, 3.63) is 64.7 Å². The smallest absolute Gasteiger partial charge is 0.250 e. The molecule has 166 valence electrons. The Bertz CT molecular complexity index is 1090. The minimum atomic E-state index is -0.201. The summed E-state index contributed by atoms with van der Waals surface area (Å²) in [6, 6.07) is 16.1. The average molecular weight is 468 g/mol. The molecule has 8 heteroatoms. The summed E-state index contributed by atoms with van der Waals surface area (Å²) in [7, 11) is 0. The van der Waals surface area contributed by atoms with Gasteiger partial charge in [0.15, 0.2) is 11.0 Å². The van der Waals surface area contributed by atoms with Gasteiger partial charge in [0, 0.05) is 22.2 Å². The van der Waals surface area contributed by atoms with E-state index in [9.17, 15) is 4.79 Å². The Morgan fingerprint density at radius 2 is 1.91 bits per heavy atom. The molecule has 0 atom stereocenters. The first-order valence-electron chi connectivity index (χ1n) is 10.8. The molecule has 1 aliphatic rings. The van der Waals surface area contributed by atoms with Gasteiger partial charge in [0.05, 0.1) is 12.0 Å². The number of hydrazone groups is 1. The molecule has 1 heterocycles. The molecule has 0 saturated heterocycles. The van der Waals surface area contributed by atoms with Gasteiger partial charge in [0.1, 0.15) is 0 Å². The van der Waals surface area contributed by atoms with Gasteiger partial charge >= 0.3 is 0 Å². The van der Waals surface area contributed by atoms with Crippen molar-refractivity contribution in [3.63, 3.8) is 0 Å². The monoisotopic (exact) mass is 467 g/mol. The number of aromatic nitrogens is 3. The molecular weight excluding hydrogens is 442 g/mol. The predicted octanol–water partition coefficient (Wildman–Crippen LogP) is 5.65. The molecule has 1 saturated carbocycles. The number of nitrogens with one attached hydrogen (secondary N) is 1. The first-order valence-corrected chi connectivity index (χ1v) is 12.2. The van der Waals surface area contributed by atoms with Gasteiger partial charge in [-0.15, -0.1) is 10.2 Å². The van der Waals surface area contributed by atoms with E-state index in [2.05, 4.69) is 56.5 Å². The molecule has 1 N–H and O–H groups in total. The fourth-order valence-corrected chi connectivity index (χ4v) is 4.84. The van der Waals surface area contributed by atoms with E-state index in [-0.39, 0.29) is 11.7 Å². The Morgan fingerprint density at radius 3 is 2.66 bits per heavy atom. The van der Waals surface area contributed by atoms with Crippen LogP contribution in [0.4, 0.5) is 0 Å². The Hall–Kier alpha value is -2.64. The van der Waals surface area contributed by atoms with Crippen LogP contribution in [-0.2, 0) is 4.79 Å². The Labute approximate surface area is 197 Å². The normalized spacial score (nSPS) is 14.7. The summed E-state index contributed by atoms with van der Waals surface area (Å²) in [5, 5.41) is 14.3. The lowest BCUT2D eigenvalue weighted by atomic mass is 9.95. The maximum absolute atomic E-state index is 12.4. The summed E-state index contributed by atoms with van der Waals surface area (Å²) in [6.45, 7) is 2.07. The van der Waals surface area contributed by atoms with Crippen molar-refractivity contribution in [2.75, 3.05) is 5.75 Å². The Kier molecular flexibility index (Phi) is 7.60. The fraction of sp³-hybridized carbons (Fsp3) is 0.333. The molecule has 1 fully saturated rings. The van der Waals surface area contributed by atoms with Crippen molar-refractivity contribution in [1.29, 1.82) is 0 Å². The third-order valence-corrected chi connectivity index (χ3v) is 6.83. The Morgan fingerprint density at radius 1 is 1.16 bits per heavy atom. The summed E-state index contributed by atoms with van der Waals surface area (Å²) in [4.78, 5) is 12.4. The Balaban J connectivity index is 1.46. The van der Waals surface area contributed by atoms with Crippen LogP contribution < -0.4 is 5.43 Å². The molecule has 0 unspecified atom stereocenters. The lowest BCUT2D eigenvalue weighted by Gasteiger charge is -2.25. The van der Waals surface area contributed by atoms with Crippen LogP contribution >= 0.6 is 23.4 Å². The van der Waals surface area contributed by atoms with Crippen LogP contribution in [0.3, 0.4) is 0 Å². The lowest BCUT2D eigenvalue weighted by Crippen LogP contribution is -2.20. The molecule has 4 rings (SSSR count). The van der Waals surface area contributed by atoms with Gasteiger partial charge < -0.3 is 0 Å². The molecule has 0 aliphatic heterocycles. The molecule has 3 aromatic rings. The number of hydrogen-bond donors (Lipinski definition) is 1. The topological polar surface area (TPSA) is 72.2 Å².